The van der Waals surface area contributed by atoms with Gasteiger partial charge >= 0.3 is 0 Å². The average molecular weight is 411 g/mol. The van der Waals surface area contributed by atoms with Crippen molar-refractivity contribution < 1.29 is 9.90 Å². The first kappa shape index (κ1) is 24.1. The van der Waals surface area contributed by atoms with E-state index in [1.807, 2.05) is 50.5 Å². The van der Waals surface area contributed by atoms with Crippen LogP contribution in [0.15, 0.2) is 48.5 Å². The number of aliphatic hydroxyl groups excluding tert-OH is 1. The lowest BCUT2D eigenvalue weighted by Crippen LogP contribution is -2.21. The van der Waals surface area contributed by atoms with Crippen LogP contribution in [0, 0.1) is 0 Å². The summed E-state index contributed by atoms with van der Waals surface area (Å²) in [6.07, 6.45) is 6.66. The van der Waals surface area contributed by atoms with Crippen molar-refractivity contribution in [2.24, 2.45) is 5.73 Å². The second-order valence-corrected chi connectivity index (χ2v) is 8.39. The molecule has 2 unspecified atom stereocenters. The van der Waals surface area contributed by atoms with Crippen molar-refractivity contribution in [3.05, 3.63) is 70.8 Å². The van der Waals surface area contributed by atoms with Gasteiger partial charge in [-0.1, -0.05) is 74.7 Å². The van der Waals surface area contributed by atoms with E-state index in [1.54, 1.807) is 4.90 Å². The molecule has 0 aliphatic carbocycles. The highest BCUT2D eigenvalue weighted by Crippen LogP contribution is 2.30. The van der Waals surface area contributed by atoms with Crippen LogP contribution >= 0.6 is 0 Å². The fraction of sp³-hybridized carbons (Fsp3) is 0.500. The number of carbonyl (C=O) groups is 1. The van der Waals surface area contributed by atoms with Crippen molar-refractivity contribution in [3.8, 4) is 0 Å². The monoisotopic (exact) mass is 410 g/mol. The summed E-state index contributed by atoms with van der Waals surface area (Å²) >= 11 is 0. The Kier molecular flexibility index (Phi) is 10.0. The third-order valence-corrected chi connectivity index (χ3v) is 5.85. The molecule has 4 nitrogen and oxygen atoms in total. The van der Waals surface area contributed by atoms with Crippen molar-refractivity contribution in [2.45, 2.75) is 70.4 Å². The van der Waals surface area contributed by atoms with Gasteiger partial charge in [-0.15, -0.1) is 0 Å². The fourth-order valence-corrected chi connectivity index (χ4v) is 3.80. The number of rotatable bonds is 12. The number of nitrogens with zero attached hydrogens (tertiary/aromatic N) is 1. The molecule has 0 bridgehead atoms. The number of aliphatic hydroxyl groups is 1. The first-order valence-electron chi connectivity index (χ1n) is 11.2. The molecule has 0 saturated heterocycles. The van der Waals surface area contributed by atoms with Gasteiger partial charge in [-0.05, 0) is 47.4 Å². The molecule has 3 N–H and O–H groups in total. The van der Waals surface area contributed by atoms with Gasteiger partial charge in [-0.2, -0.15) is 0 Å². The van der Waals surface area contributed by atoms with Gasteiger partial charge in [0.15, 0.2) is 0 Å². The van der Waals surface area contributed by atoms with Crippen LogP contribution in [0.3, 0.4) is 0 Å². The summed E-state index contributed by atoms with van der Waals surface area (Å²) in [7, 11) is 3.63. The zero-order valence-electron chi connectivity index (χ0n) is 18.8. The molecule has 0 heterocycles. The normalized spacial score (nSPS) is 13.1. The molecule has 0 fully saturated rings. The molecule has 2 rings (SSSR count). The Labute approximate surface area is 182 Å². The topological polar surface area (TPSA) is 66.6 Å². The van der Waals surface area contributed by atoms with E-state index in [4.69, 9.17) is 5.73 Å². The van der Waals surface area contributed by atoms with E-state index in [2.05, 4.69) is 19.1 Å². The summed E-state index contributed by atoms with van der Waals surface area (Å²) in [5.74, 6) is 0.715. The molecule has 2 aromatic rings. The molecular weight excluding hydrogens is 372 g/mol. The summed E-state index contributed by atoms with van der Waals surface area (Å²) in [6.45, 7) is 2.73. The van der Waals surface area contributed by atoms with Crippen molar-refractivity contribution in [1.82, 2.24) is 4.90 Å². The summed E-state index contributed by atoms with van der Waals surface area (Å²) in [5.41, 5.74) is 9.84. The van der Waals surface area contributed by atoms with Gasteiger partial charge in [0.2, 0.25) is 5.91 Å². The van der Waals surface area contributed by atoms with E-state index < -0.39 is 6.10 Å². The smallest absolute Gasteiger partial charge is 0.222 e. The van der Waals surface area contributed by atoms with Gasteiger partial charge < -0.3 is 15.7 Å². The van der Waals surface area contributed by atoms with Crippen molar-refractivity contribution in [3.63, 3.8) is 0 Å². The van der Waals surface area contributed by atoms with Gasteiger partial charge in [0.1, 0.15) is 6.10 Å². The third-order valence-electron chi connectivity index (χ3n) is 5.85. The summed E-state index contributed by atoms with van der Waals surface area (Å²) in [6, 6.07) is 16.2. The van der Waals surface area contributed by atoms with E-state index in [1.165, 1.54) is 24.8 Å². The van der Waals surface area contributed by atoms with Crippen LogP contribution in [0.2, 0.25) is 0 Å². The molecule has 0 aliphatic heterocycles. The summed E-state index contributed by atoms with van der Waals surface area (Å²) < 4.78 is 0. The Bertz CT molecular complexity index is 754. The number of hydrogen-bond acceptors (Lipinski definition) is 3. The predicted molar refractivity (Wildman–Crippen MR) is 124 cm³/mol. The lowest BCUT2D eigenvalue weighted by Gasteiger charge is -2.19. The Balaban J connectivity index is 2.00. The van der Waals surface area contributed by atoms with Gasteiger partial charge in [0.05, 0.1) is 0 Å². The van der Waals surface area contributed by atoms with E-state index >= 15 is 0 Å². The Hall–Kier alpha value is -2.17. The molecule has 2 atom stereocenters. The highest BCUT2D eigenvalue weighted by Gasteiger charge is 2.15. The van der Waals surface area contributed by atoms with Crippen LogP contribution < -0.4 is 5.73 Å². The zero-order valence-corrected chi connectivity index (χ0v) is 18.8. The van der Waals surface area contributed by atoms with Gasteiger partial charge in [-0.3, -0.25) is 4.79 Å². The van der Waals surface area contributed by atoms with E-state index in [9.17, 15) is 9.90 Å². The molecule has 0 saturated carbocycles. The number of nitrogens with two attached hydrogens (primary N) is 1. The Morgan fingerprint density at radius 2 is 1.43 bits per heavy atom. The third kappa shape index (κ3) is 7.26. The van der Waals surface area contributed by atoms with Crippen LogP contribution in [0.4, 0.5) is 0 Å². The number of hydrogen-bond donors (Lipinski definition) is 2. The van der Waals surface area contributed by atoms with E-state index in [0.29, 0.717) is 18.9 Å². The van der Waals surface area contributed by atoms with Gasteiger partial charge in [-0.25, -0.2) is 0 Å². The van der Waals surface area contributed by atoms with Crippen LogP contribution in [0.25, 0.3) is 0 Å². The van der Waals surface area contributed by atoms with Crippen molar-refractivity contribution in [1.29, 1.82) is 0 Å². The van der Waals surface area contributed by atoms with E-state index in [0.717, 1.165) is 36.0 Å². The lowest BCUT2D eigenvalue weighted by atomic mass is 9.87. The van der Waals surface area contributed by atoms with Crippen molar-refractivity contribution >= 4 is 5.91 Å². The highest BCUT2D eigenvalue weighted by atomic mass is 16.3. The SMILES string of the molecule is CCCCC(CCCCC(=O)N(C)C)c1ccc(C(O)c2ccc(CN)cc2)cc1. The maximum absolute atomic E-state index is 11.8. The maximum Gasteiger partial charge on any atom is 0.222 e. The second-order valence-electron chi connectivity index (χ2n) is 8.39. The number of carbonyl (C=O) groups excluding carboxylic acids is 1. The molecule has 0 spiro atoms. The second kappa shape index (κ2) is 12.5. The molecule has 0 radical (unpaired) electrons. The van der Waals surface area contributed by atoms with Crippen molar-refractivity contribution in [2.75, 3.05) is 14.1 Å². The quantitative estimate of drug-likeness (QED) is 0.476. The molecule has 0 aliphatic rings. The molecule has 4 heteroatoms. The van der Waals surface area contributed by atoms with Crippen LogP contribution in [0.5, 0.6) is 0 Å². The first-order chi connectivity index (χ1) is 14.5. The molecule has 0 aromatic heterocycles. The Morgan fingerprint density at radius 3 is 1.97 bits per heavy atom. The number of amides is 1. The minimum atomic E-state index is -0.628. The highest BCUT2D eigenvalue weighted by molar-refractivity contribution is 5.75. The maximum atomic E-state index is 11.8. The minimum absolute atomic E-state index is 0.206. The number of unbranched alkanes of at least 4 members (excludes halogenated alkanes) is 2. The standard InChI is InChI=1S/C26H38N2O2/c1-4-5-8-21(9-6-7-10-25(29)28(2)3)22-15-17-24(18-16-22)26(30)23-13-11-20(19-27)12-14-23/h11-18,21,26,30H,4-10,19,27H2,1-3H3. The average Bonchev–Trinajstić information content (AvgIpc) is 2.78. The number of benzene rings is 2. The zero-order chi connectivity index (χ0) is 21.9. The fourth-order valence-electron chi connectivity index (χ4n) is 3.80. The van der Waals surface area contributed by atoms with Gasteiger partial charge in [0, 0.05) is 27.1 Å². The molecule has 1 amide bonds. The Morgan fingerprint density at radius 1 is 0.900 bits per heavy atom. The van der Waals surface area contributed by atoms with Crippen LogP contribution in [-0.2, 0) is 11.3 Å². The first-order valence-corrected chi connectivity index (χ1v) is 11.2. The summed E-state index contributed by atoms with van der Waals surface area (Å²) in [5, 5.41) is 10.7. The molecule has 164 valence electrons. The lowest BCUT2D eigenvalue weighted by molar-refractivity contribution is -0.128. The van der Waals surface area contributed by atoms with E-state index in [-0.39, 0.29) is 5.91 Å². The largest absolute Gasteiger partial charge is 0.384 e. The minimum Gasteiger partial charge on any atom is -0.384 e. The summed E-state index contributed by atoms with van der Waals surface area (Å²) in [4.78, 5) is 13.4. The van der Waals surface area contributed by atoms with Crippen LogP contribution in [0.1, 0.15) is 86.1 Å². The molecule has 30 heavy (non-hydrogen) atoms. The predicted octanol–water partition coefficient (Wildman–Crippen LogP) is 5.15. The molecular formula is C26H38N2O2. The molecule has 2 aromatic carbocycles. The van der Waals surface area contributed by atoms with Crippen LogP contribution in [-0.4, -0.2) is 30.0 Å². The van der Waals surface area contributed by atoms with Gasteiger partial charge in [0.25, 0.3) is 0 Å².